The molecule has 3 amide bonds. The van der Waals surface area contributed by atoms with Crippen LogP contribution in [0.25, 0.3) is 0 Å². The van der Waals surface area contributed by atoms with Crippen molar-refractivity contribution in [1.29, 1.82) is 0 Å². The molecular formula is C19H19N3O5S. The Morgan fingerprint density at radius 3 is 2.00 bits per heavy atom. The summed E-state index contributed by atoms with van der Waals surface area (Å²) in [7, 11) is -3.75. The molecule has 1 fully saturated rings. The van der Waals surface area contributed by atoms with Crippen LogP contribution in [0.1, 0.15) is 34.3 Å². The minimum absolute atomic E-state index is 0.00753. The summed E-state index contributed by atoms with van der Waals surface area (Å²) < 4.78 is 22.5. The lowest BCUT2D eigenvalue weighted by molar-refractivity contribution is -0.139. The van der Waals surface area contributed by atoms with E-state index < -0.39 is 10.0 Å². The van der Waals surface area contributed by atoms with Crippen molar-refractivity contribution in [2.45, 2.75) is 30.8 Å². The van der Waals surface area contributed by atoms with Gasteiger partial charge >= 0.3 is 0 Å². The second-order valence-corrected chi connectivity index (χ2v) is 8.00. The molecule has 3 N–H and O–H groups in total. The van der Waals surface area contributed by atoms with Crippen molar-refractivity contribution < 1.29 is 22.8 Å². The fourth-order valence-corrected chi connectivity index (χ4v) is 3.34. The van der Waals surface area contributed by atoms with Crippen LogP contribution in [0, 0.1) is 0 Å². The number of imide groups is 1. The van der Waals surface area contributed by atoms with Crippen LogP contribution >= 0.6 is 0 Å². The van der Waals surface area contributed by atoms with Gasteiger partial charge in [-0.15, -0.1) is 0 Å². The van der Waals surface area contributed by atoms with Crippen LogP contribution in [0.4, 0.5) is 0 Å². The fourth-order valence-electron chi connectivity index (χ4n) is 2.82. The van der Waals surface area contributed by atoms with Gasteiger partial charge in [-0.1, -0.05) is 24.3 Å². The Bertz CT molecular complexity index is 999. The van der Waals surface area contributed by atoms with Crippen LogP contribution in [0.3, 0.4) is 0 Å². The van der Waals surface area contributed by atoms with Gasteiger partial charge in [0.15, 0.2) is 0 Å². The molecule has 1 aliphatic heterocycles. The van der Waals surface area contributed by atoms with E-state index in [2.05, 4.69) is 5.32 Å². The van der Waals surface area contributed by atoms with Crippen molar-refractivity contribution in [3.05, 3.63) is 65.2 Å². The number of carbonyl (C=O) groups is 3. The molecule has 1 saturated heterocycles. The summed E-state index contributed by atoms with van der Waals surface area (Å²) in [5, 5.41) is 7.79. The van der Waals surface area contributed by atoms with Gasteiger partial charge in [0, 0.05) is 24.9 Å². The molecule has 0 atom stereocenters. The number of nitrogens with two attached hydrogens (primary N) is 1. The first-order valence-electron chi connectivity index (χ1n) is 8.56. The summed E-state index contributed by atoms with van der Waals surface area (Å²) in [6.07, 6.45) is 0.495. The lowest BCUT2D eigenvalue weighted by Crippen LogP contribution is -2.28. The average Bonchev–Trinajstić information content (AvgIpc) is 2.98. The number of nitrogens with zero attached hydrogens (tertiary/aromatic N) is 1. The number of nitrogens with one attached hydrogen (secondary N) is 1. The van der Waals surface area contributed by atoms with E-state index in [0.29, 0.717) is 5.56 Å². The molecule has 0 saturated carbocycles. The number of benzene rings is 2. The van der Waals surface area contributed by atoms with Gasteiger partial charge in [-0.2, -0.15) is 0 Å². The highest BCUT2D eigenvalue weighted by atomic mass is 32.2. The van der Waals surface area contributed by atoms with E-state index in [1.807, 2.05) is 0 Å². The smallest absolute Gasteiger partial charge is 0.251 e. The molecule has 0 spiro atoms. The van der Waals surface area contributed by atoms with Crippen molar-refractivity contribution in [3.8, 4) is 0 Å². The van der Waals surface area contributed by atoms with E-state index in [1.165, 1.54) is 17.0 Å². The minimum Gasteiger partial charge on any atom is -0.348 e. The normalized spacial score (nSPS) is 14.4. The van der Waals surface area contributed by atoms with Crippen molar-refractivity contribution in [1.82, 2.24) is 10.2 Å². The first kappa shape index (κ1) is 19.7. The van der Waals surface area contributed by atoms with E-state index >= 15 is 0 Å². The number of hydrogen-bond acceptors (Lipinski definition) is 5. The molecule has 0 aliphatic carbocycles. The summed E-state index contributed by atoms with van der Waals surface area (Å²) in [6, 6.07) is 12.6. The standard InChI is InChI=1S/C19H19N3O5S/c20-28(26,27)16-7-3-13(4-8-16)11-21-19(25)15-5-1-14(2-6-15)12-22-17(23)9-10-18(22)24/h1-8H,9-12H2,(H,21,25)(H2,20,26,27). The maximum absolute atomic E-state index is 12.3. The largest absolute Gasteiger partial charge is 0.348 e. The third-order valence-corrected chi connectivity index (χ3v) is 5.35. The Morgan fingerprint density at radius 2 is 1.46 bits per heavy atom. The SMILES string of the molecule is NS(=O)(=O)c1ccc(CNC(=O)c2ccc(CN3C(=O)CCC3=O)cc2)cc1. The van der Waals surface area contributed by atoms with Crippen LogP contribution in [-0.4, -0.2) is 31.0 Å². The molecule has 1 aliphatic rings. The maximum Gasteiger partial charge on any atom is 0.251 e. The maximum atomic E-state index is 12.3. The first-order valence-corrected chi connectivity index (χ1v) is 10.1. The fraction of sp³-hybridized carbons (Fsp3) is 0.211. The number of sulfonamides is 1. The molecule has 8 nitrogen and oxygen atoms in total. The summed E-state index contributed by atoms with van der Waals surface area (Å²) >= 11 is 0. The van der Waals surface area contributed by atoms with E-state index in [0.717, 1.165) is 11.1 Å². The second kappa shape index (κ2) is 7.91. The lowest BCUT2D eigenvalue weighted by atomic mass is 10.1. The van der Waals surface area contributed by atoms with E-state index in [-0.39, 0.29) is 48.5 Å². The Kier molecular flexibility index (Phi) is 5.57. The monoisotopic (exact) mass is 401 g/mol. The highest BCUT2D eigenvalue weighted by Gasteiger charge is 2.28. The summed E-state index contributed by atoms with van der Waals surface area (Å²) in [5.74, 6) is -0.657. The molecule has 0 unspecified atom stereocenters. The Balaban J connectivity index is 1.57. The number of rotatable bonds is 6. The molecule has 28 heavy (non-hydrogen) atoms. The third-order valence-electron chi connectivity index (χ3n) is 4.42. The Labute approximate surface area is 162 Å². The van der Waals surface area contributed by atoms with Gasteiger partial charge < -0.3 is 5.32 Å². The minimum atomic E-state index is -3.75. The molecule has 146 valence electrons. The van der Waals surface area contributed by atoms with Crippen molar-refractivity contribution in [2.75, 3.05) is 0 Å². The van der Waals surface area contributed by atoms with E-state index in [4.69, 9.17) is 5.14 Å². The van der Waals surface area contributed by atoms with Gasteiger partial charge in [-0.05, 0) is 35.4 Å². The summed E-state index contributed by atoms with van der Waals surface area (Å²) in [6.45, 7) is 0.429. The van der Waals surface area contributed by atoms with Crippen LogP contribution < -0.4 is 10.5 Å². The molecule has 0 aromatic heterocycles. The Morgan fingerprint density at radius 1 is 0.929 bits per heavy atom. The van der Waals surface area contributed by atoms with Gasteiger partial charge in [-0.3, -0.25) is 19.3 Å². The number of amides is 3. The van der Waals surface area contributed by atoms with E-state index in [1.54, 1.807) is 36.4 Å². The summed E-state index contributed by atoms with van der Waals surface area (Å²) in [4.78, 5) is 36.8. The van der Waals surface area contributed by atoms with Crippen LogP contribution in [-0.2, 0) is 32.7 Å². The second-order valence-electron chi connectivity index (χ2n) is 6.44. The highest BCUT2D eigenvalue weighted by Crippen LogP contribution is 2.16. The zero-order valence-corrected chi connectivity index (χ0v) is 15.7. The van der Waals surface area contributed by atoms with Gasteiger partial charge in [0.1, 0.15) is 0 Å². The molecule has 1 heterocycles. The van der Waals surface area contributed by atoms with Crippen LogP contribution in [0.5, 0.6) is 0 Å². The molecule has 3 rings (SSSR count). The topological polar surface area (TPSA) is 127 Å². The van der Waals surface area contributed by atoms with Gasteiger partial charge in [-0.25, -0.2) is 13.6 Å². The number of likely N-dealkylation sites (tertiary alicyclic amines) is 1. The number of primary sulfonamides is 1. The zero-order valence-electron chi connectivity index (χ0n) is 14.9. The molecule has 0 bridgehead atoms. The van der Waals surface area contributed by atoms with Gasteiger partial charge in [0.05, 0.1) is 11.4 Å². The van der Waals surface area contributed by atoms with Crippen LogP contribution in [0.15, 0.2) is 53.4 Å². The number of carbonyl (C=O) groups excluding carboxylic acids is 3. The molecule has 2 aromatic rings. The first-order chi connectivity index (χ1) is 13.2. The van der Waals surface area contributed by atoms with Crippen LogP contribution in [0.2, 0.25) is 0 Å². The van der Waals surface area contributed by atoms with Crippen molar-refractivity contribution >= 4 is 27.7 Å². The average molecular weight is 401 g/mol. The molecule has 2 aromatic carbocycles. The quantitative estimate of drug-likeness (QED) is 0.696. The van der Waals surface area contributed by atoms with Crippen molar-refractivity contribution in [2.24, 2.45) is 5.14 Å². The van der Waals surface area contributed by atoms with Gasteiger partial charge in [0.25, 0.3) is 5.91 Å². The zero-order chi connectivity index (χ0) is 20.3. The molecule has 0 radical (unpaired) electrons. The predicted molar refractivity (Wildman–Crippen MR) is 100 cm³/mol. The molecular weight excluding hydrogens is 382 g/mol. The predicted octanol–water partition coefficient (Wildman–Crippen LogP) is 0.913. The highest BCUT2D eigenvalue weighted by molar-refractivity contribution is 7.89. The Hall–Kier alpha value is -3.04. The number of hydrogen-bond donors (Lipinski definition) is 2. The summed E-state index contributed by atoms with van der Waals surface area (Å²) in [5.41, 5.74) is 1.92. The lowest BCUT2D eigenvalue weighted by Gasteiger charge is -2.14. The molecule has 9 heteroatoms. The van der Waals surface area contributed by atoms with E-state index in [9.17, 15) is 22.8 Å². The third kappa shape index (κ3) is 4.62. The van der Waals surface area contributed by atoms with Crippen molar-refractivity contribution in [3.63, 3.8) is 0 Å². The van der Waals surface area contributed by atoms with Gasteiger partial charge in [0.2, 0.25) is 21.8 Å².